The summed E-state index contributed by atoms with van der Waals surface area (Å²) in [5, 5.41) is -0.244. The van der Waals surface area contributed by atoms with Crippen molar-refractivity contribution in [2.45, 2.75) is 42.2 Å². The van der Waals surface area contributed by atoms with Crippen LogP contribution in [0.2, 0.25) is 0 Å². The van der Waals surface area contributed by atoms with Crippen LogP contribution in [0, 0.1) is 0 Å². The van der Waals surface area contributed by atoms with Crippen molar-refractivity contribution in [2.75, 3.05) is 0 Å². The number of sulfone groups is 1. The van der Waals surface area contributed by atoms with Crippen molar-refractivity contribution >= 4 is 25.8 Å². The van der Waals surface area contributed by atoms with Gasteiger partial charge in [0.2, 0.25) is 0 Å². The molecule has 0 spiro atoms. The first kappa shape index (κ1) is 12.0. The molecular weight excluding hydrogens is 292 g/mol. The lowest BCUT2D eigenvalue weighted by atomic mass is 10.0. The zero-order valence-corrected chi connectivity index (χ0v) is 11.2. The van der Waals surface area contributed by atoms with Crippen LogP contribution in [-0.2, 0) is 9.84 Å². The van der Waals surface area contributed by atoms with E-state index in [1.807, 2.05) is 0 Å². The monoisotopic (exact) mass is 304 g/mol. The third-order valence-corrected chi connectivity index (χ3v) is 5.54. The first-order valence-corrected chi connectivity index (χ1v) is 7.66. The Morgan fingerprint density at radius 1 is 1.12 bits per heavy atom. The van der Waals surface area contributed by atoms with E-state index in [0.29, 0.717) is 4.73 Å². The fourth-order valence-electron chi connectivity index (χ4n) is 2.02. The van der Waals surface area contributed by atoms with E-state index in [4.69, 9.17) is 0 Å². The standard InChI is InChI=1S/C10H13BrN2O2S/c11-10-12-6-9(7-13-10)16(14,15)8-4-2-1-3-5-8/h6-8H,1-5H2. The van der Waals surface area contributed by atoms with E-state index in [1.165, 1.54) is 12.4 Å². The Morgan fingerprint density at radius 2 is 1.69 bits per heavy atom. The summed E-state index contributed by atoms with van der Waals surface area (Å²) in [6.07, 6.45) is 7.42. The molecule has 2 rings (SSSR count). The van der Waals surface area contributed by atoms with Gasteiger partial charge in [-0.15, -0.1) is 0 Å². The van der Waals surface area contributed by atoms with E-state index in [1.54, 1.807) is 0 Å². The fraction of sp³-hybridized carbons (Fsp3) is 0.600. The minimum Gasteiger partial charge on any atom is -0.229 e. The average molecular weight is 305 g/mol. The largest absolute Gasteiger partial charge is 0.229 e. The zero-order valence-electron chi connectivity index (χ0n) is 8.76. The Bertz CT molecular complexity index is 452. The van der Waals surface area contributed by atoms with Crippen LogP contribution in [0.25, 0.3) is 0 Å². The first-order chi connectivity index (χ1) is 7.60. The topological polar surface area (TPSA) is 59.9 Å². The average Bonchev–Trinajstić information content (AvgIpc) is 2.31. The highest BCUT2D eigenvalue weighted by Gasteiger charge is 2.29. The molecule has 0 saturated heterocycles. The van der Waals surface area contributed by atoms with Gasteiger partial charge in [0.15, 0.2) is 14.6 Å². The van der Waals surface area contributed by atoms with Crippen molar-refractivity contribution in [3.8, 4) is 0 Å². The van der Waals surface area contributed by atoms with Crippen molar-refractivity contribution in [3.05, 3.63) is 17.1 Å². The van der Waals surface area contributed by atoms with Crippen LogP contribution in [0.15, 0.2) is 22.0 Å². The Hall–Kier alpha value is -0.490. The number of rotatable bonds is 2. The highest BCUT2D eigenvalue weighted by Crippen LogP contribution is 2.28. The molecule has 4 nitrogen and oxygen atoms in total. The maximum atomic E-state index is 12.2. The molecule has 88 valence electrons. The van der Waals surface area contributed by atoms with Crippen molar-refractivity contribution < 1.29 is 8.42 Å². The Balaban J connectivity index is 2.27. The molecule has 1 aromatic rings. The molecule has 1 aliphatic rings. The van der Waals surface area contributed by atoms with Gasteiger partial charge in [-0.2, -0.15) is 0 Å². The molecule has 1 aliphatic carbocycles. The summed E-state index contributed by atoms with van der Waals surface area (Å²) in [5.41, 5.74) is 0. The van der Waals surface area contributed by atoms with Crippen LogP contribution in [0.1, 0.15) is 32.1 Å². The fourth-order valence-corrected chi connectivity index (χ4v) is 3.96. The second kappa shape index (κ2) is 4.79. The maximum absolute atomic E-state index is 12.2. The molecule has 1 fully saturated rings. The number of aromatic nitrogens is 2. The third kappa shape index (κ3) is 2.43. The van der Waals surface area contributed by atoms with Gasteiger partial charge < -0.3 is 0 Å². The van der Waals surface area contributed by atoms with Gasteiger partial charge in [-0.3, -0.25) is 0 Å². The van der Waals surface area contributed by atoms with Crippen molar-refractivity contribution in [1.29, 1.82) is 0 Å². The number of hydrogen-bond acceptors (Lipinski definition) is 4. The van der Waals surface area contributed by atoms with Crippen LogP contribution < -0.4 is 0 Å². The number of hydrogen-bond donors (Lipinski definition) is 0. The minimum atomic E-state index is -3.22. The highest BCUT2D eigenvalue weighted by molar-refractivity contribution is 9.10. The Kier molecular flexibility index (Phi) is 3.59. The van der Waals surface area contributed by atoms with Gasteiger partial charge in [-0.05, 0) is 28.8 Å². The number of halogens is 1. The molecule has 0 aliphatic heterocycles. The van der Waals surface area contributed by atoms with E-state index in [9.17, 15) is 8.42 Å². The van der Waals surface area contributed by atoms with E-state index in [2.05, 4.69) is 25.9 Å². The molecular formula is C10H13BrN2O2S. The predicted molar refractivity (Wildman–Crippen MR) is 63.8 cm³/mol. The smallest absolute Gasteiger partial charge is 0.196 e. The summed E-state index contributed by atoms with van der Waals surface area (Å²) in [5.74, 6) is 0. The van der Waals surface area contributed by atoms with Gasteiger partial charge in [-0.1, -0.05) is 19.3 Å². The number of nitrogens with zero attached hydrogens (tertiary/aromatic N) is 2. The molecule has 1 saturated carbocycles. The van der Waals surface area contributed by atoms with E-state index >= 15 is 0 Å². The zero-order chi connectivity index (χ0) is 11.6. The molecule has 0 amide bonds. The van der Waals surface area contributed by atoms with E-state index in [-0.39, 0.29) is 10.1 Å². The molecule has 0 N–H and O–H groups in total. The molecule has 1 aromatic heterocycles. The lowest BCUT2D eigenvalue weighted by molar-refractivity contribution is 0.483. The Labute approximate surface area is 104 Å². The quantitative estimate of drug-likeness (QED) is 0.787. The molecule has 0 unspecified atom stereocenters. The second-order valence-corrected chi connectivity index (χ2v) is 6.93. The van der Waals surface area contributed by atoms with E-state index in [0.717, 1.165) is 32.1 Å². The molecule has 16 heavy (non-hydrogen) atoms. The van der Waals surface area contributed by atoms with Gasteiger partial charge in [0.1, 0.15) is 4.90 Å². The van der Waals surface area contributed by atoms with Crippen molar-refractivity contribution in [2.24, 2.45) is 0 Å². The first-order valence-electron chi connectivity index (χ1n) is 5.32. The van der Waals surface area contributed by atoms with Crippen LogP contribution in [0.5, 0.6) is 0 Å². The summed E-state index contributed by atoms with van der Waals surface area (Å²) < 4.78 is 24.8. The van der Waals surface area contributed by atoms with Gasteiger partial charge in [0.05, 0.1) is 17.6 Å². The molecule has 0 radical (unpaired) electrons. The third-order valence-electron chi connectivity index (χ3n) is 2.92. The molecule has 0 aromatic carbocycles. The van der Waals surface area contributed by atoms with Gasteiger partial charge in [-0.25, -0.2) is 18.4 Å². The Morgan fingerprint density at radius 3 is 2.25 bits per heavy atom. The van der Waals surface area contributed by atoms with Crippen LogP contribution in [0.3, 0.4) is 0 Å². The van der Waals surface area contributed by atoms with E-state index < -0.39 is 9.84 Å². The SMILES string of the molecule is O=S(=O)(c1cnc(Br)nc1)C1CCCCC1. The maximum Gasteiger partial charge on any atom is 0.196 e. The summed E-state index contributed by atoms with van der Waals surface area (Å²) in [6, 6.07) is 0. The summed E-state index contributed by atoms with van der Waals surface area (Å²) in [7, 11) is -3.22. The second-order valence-electron chi connectivity index (χ2n) is 3.99. The molecule has 6 heteroatoms. The van der Waals surface area contributed by atoms with Crippen LogP contribution in [-0.4, -0.2) is 23.6 Å². The van der Waals surface area contributed by atoms with Crippen LogP contribution in [0.4, 0.5) is 0 Å². The summed E-state index contributed by atoms with van der Waals surface area (Å²) in [6.45, 7) is 0. The summed E-state index contributed by atoms with van der Waals surface area (Å²) >= 11 is 3.09. The van der Waals surface area contributed by atoms with Crippen LogP contribution >= 0.6 is 15.9 Å². The highest BCUT2D eigenvalue weighted by atomic mass is 79.9. The van der Waals surface area contributed by atoms with Crippen molar-refractivity contribution in [3.63, 3.8) is 0 Å². The minimum absolute atomic E-state index is 0.239. The van der Waals surface area contributed by atoms with Crippen molar-refractivity contribution in [1.82, 2.24) is 9.97 Å². The lowest BCUT2D eigenvalue weighted by Crippen LogP contribution is -2.24. The predicted octanol–water partition coefficient (Wildman–Crippen LogP) is 2.35. The van der Waals surface area contributed by atoms with Gasteiger partial charge >= 0.3 is 0 Å². The van der Waals surface area contributed by atoms with Gasteiger partial charge in [0.25, 0.3) is 0 Å². The molecule has 0 atom stereocenters. The van der Waals surface area contributed by atoms with Gasteiger partial charge in [0, 0.05) is 0 Å². The molecule has 0 bridgehead atoms. The molecule has 1 heterocycles. The lowest BCUT2D eigenvalue weighted by Gasteiger charge is -2.21. The summed E-state index contributed by atoms with van der Waals surface area (Å²) in [4.78, 5) is 7.97. The normalized spacial score (nSPS) is 18.6.